The minimum atomic E-state index is -0.114. The summed E-state index contributed by atoms with van der Waals surface area (Å²) in [5.41, 5.74) is 3.59. The zero-order chi connectivity index (χ0) is 21.8. The molecule has 0 bridgehead atoms. The number of aromatic nitrogens is 5. The second kappa shape index (κ2) is 8.89. The Morgan fingerprint density at radius 1 is 0.969 bits per heavy atom. The third kappa shape index (κ3) is 4.02. The molecular formula is C24H23N7O. The van der Waals surface area contributed by atoms with E-state index in [1.54, 1.807) is 17.1 Å². The minimum Gasteiger partial charge on any atom is -0.369 e. The first-order chi connectivity index (χ1) is 15.8. The van der Waals surface area contributed by atoms with E-state index in [0.29, 0.717) is 18.7 Å². The van der Waals surface area contributed by atoms with Gasteiger partial charge in [0.2, 0.25) is 0 Å². The Kier molecular flexibility index (Phi) is 5.48. The van der Waals surface area contributed by atoms with Gasteiger partial charge in [-0.25, -0.2) is 14.6 Å². The van der Waals surface area contributed by atoms with Crippen molar-refractivity contribution in [1.82, 2.24) is 30.0 Å². The molecule has 5 rings (SSSR count). The molecule has 5 aromatic rings. The van der Waals surface area contributed by atoms with E-state index in [0.717, 1.165) is 40.7 Å². The van der Waals surface area contributed by atoms with Gasteiger partial charge in [0.15, 0.2) is 5.65 Å². The van der Waals surface area contributed by atoms with E-state index >= 15 is 0 Å². The fourth-order valence-corrected chi connectivity index (χ4v) is 3.80. The maximum absolute atomic E-state index is 12.6. The van der Waals surface area contributed by atoms with Crippen LogP contribution in [0.4, 0.5) is 5.82 Å². The zero-order valence-corrected chi connectivity index (χ0v) is 17.5. The lowest BCUT2D eigenvalue weighted by Crippen LogP contribution is -2.27. The average molecular weight is 425 g/mol. The van der Waals surface area contributed by atoms with Gasteiger partial charge in [0.05, 0.1) is 23.7 Å². The summed E-state index contributed by atoms with van der Waals surface area (Å²) in [5, 5.41) is 12.6. The molecule has 0 saturated carbocycles. The van der Waals surface area contributed by atoms with Gasteiger partial charge in [0.25, 0.3) is 5.91 Å². The largest absolute Gasteiger partial charge is 0.369 e. The van der Waals surface area contributed by atoms with Crippen LogP contribution in [0, 0.1) is 0 Å². The fourth-order valence-electron chi connectivity index (χ4n) is 3.80. The van der Waals surface area contributed by atoms with Gasteiger partial charge >= 0.3 is 0 Å². The first-order valence-electron chi connectivity index (χ1n) is 10.6. The van der Waals surface area contributed by atoms with E-state index in [1.165, 1.54) is 11.9 Å². The summed E-state index contributed by atoms with van der Waals surface area (Å²) in [7, 11) is 0. The number of nitrogens with zero attached hydrogens (tertiary/aromatic N) is 4. The highest BCUT2D eigenvalue weighted by molar-refractivity contribution is 6.06. The molecule has 0 radical (unpaired) electrons. The molecule has 32 heavy (non-hydrogen) atoms. The van der Waals surface area contributed by atoms with E-state index in [4.69, 9.17) is 0 Å². The highest BCUT2D eigenvalue weighted by Crippen LogP contribution is 2.19. The number of benzene rings is 2. The van der Waals surface area contributed by atoms with Crippen LogP contribution in [0.3, 0.4) is 0 Å². The molecule has 0 spiro atoms. The highest BCUT2D eigenvalue weighted by Gasteiger charge is 2.13. The predicted octanol–water partition coefficient (Wildman–Crippen LogP) is 3.39. The smallest absolute Gasteiger partial charge is 0.253 e. The van der Waals surface area contributed by atoms with Crippen LogP contribution in [0.15, 0.2) is 73.3 Å². The van der Waals surface area contributed by atoms with Crippen molar-refractivity contribution in [2.45, 2.75) is 13.0 Å². The average Bonchev–Trinajstić information content (AvgIpc) is 3.45. The van der Waals surface area contributed by atoms with Gasteiger partial charge in [-0.05, 0) is 18.1 Å². The Balaban J connectivity index is 1.21. The van der Waals surface area contributed by atoms with Crippen molar-refractivity contribution in [2.24, 2.45) is 0 Å². The number of fused-ring (bicyclic) bond motifs is 2. The van der Waals surface area contributed by atoms with Crippen molar-refractivity contribution in [3.05, 3.63) is 84.4 Å². The summed E-state index contributed by atoms with van der Waals surface area (Å²) in [6, 6.07) is 18.1. The number of hydrogen-bond donors (Lipinski definition) is 3. The molecule has 0 aliphatic heterocycles. The van der Waals surface area contributed by atoms with Crippen LogP contribution in [0.2, 0.25) is 0 Å². The van der Waals surface area contributed by atoms with Crippen molar-refractivity contribution in [1.29, 1.82) is 0 Å². The fraction of sp³-hybridized carbons (Fsp3) is 0.167. The van der Waals surface area contributed by atoms with Gasteiger partial charge in [0, 0.05) is 30.2 Å². The molecule has 3 N–H and O–H groups in total. The van der Waals surface area contributed by atoms with Crippen molar-refractivity contribution >= 4 is 33.7 Å². The van der Waals surface area contributed by atoms with E-state index < -0.39 is 0 Å². The number of carbonyl (C=O) groups is 1. The van der Waals surface area contributed by atoms with Crippen LogP contribution in [-0.2, 0) is 13.0 Å². The molecule has 0 aliphatic rings. The number of anilines is 1. The predicted molar refractivity (Wildman–Crippen MR) is 125 cm³/mol. The van der Waals surface area contributed by atoms with Crippen molar-refractivity contribution in [2.75, 3.05) is 18.4 Å². The molecule has 8 heteroatoms. The summed E-state index contributed by atoms with van der Waals surface area (Å²) in [4.78, 5) is 24.5. The lowest BCUT2D eigenvalue weighted by molar-refractivity contribution is 0.0953. The van der Waals surface area contributed by atoms with Gasteiger partial charge in [-0.2, -0.15) is 5.10 Å². The van der Waals surface area contributed by atoms with Gasteiger partial charge in [0.1, 0.15) is 12.1 Å². The third-order valence-electron chi connectivity index (χ3n) is 5.43. The monoisotopic (exact) mass is 425 g/mol. The second-order valence-corrected chi connectivity index (χ2v) is 7.49. The summed E-state index contributed by atoms with van der Waals surface area (Å²) < 4.78 is 1.79. The summed E-state index contributed by atoms with van der Waals surface area (Å²) in [6.07, 6.45) is 5.95. The number of aromatic amines is 1. The molecule has 8 nitrogen and oxygen atoms in total. The van der Waals surface area contributed by atoms with Gasteiger partial charge in [-0.1, -0.05) is 48.5 Å². The molecule has 3 aromatic heterocycles. The van der Waals surface area contributed by atoms with Crippen molar-refractivity contribution in [3.63, 3.8) is 0 Å². The van der Waals surface area contributed by atoms with E-state index in [2.05, 4.69) is 42.8 Å². The Labute approximate surface area is 184 Å². The van der Waals surface area contributed by atoms with Crippen molar-refractivity contribution in [3.8, 4) is 0 Å². The first-order valence-corrected chi connectivity index (χ1v) is 10.6. The second-order valence-electron chi connectivity index (χ2n) is 7.49. The number of hydrogen-bond acceptors (Lipinski definition) is 5. The number of rotatable bonds is 8. The SMILES string of the molecule is O=C(NCCn1ncc2c(NCCc3ccccc3)ncnc21)c1c[nH]c2ccccc12. The molecule has 0 aliphatic carbocycles. The highest BCUT2D eigenvalue weighted by atomic mass is 16.1. The standard InChI is InChI=1S/C24H23N7O/c32-24(19-14-27-21-9-5-4-8-18(19)21)26-12-13-31-23-20(15-30-31)22(28-16-29-23)25-11-10-17-6-2-1-3-7-17/h1-9,14-16,27H,10-13H2,(H,26,32)(H,25,28,29). The minimum absolute atomic E-state index is 0.114. The topological polar surface area (TPSA) is 101 Å². The van der Waals surface area contributed by atoms with Crippen LogP contribution >= 0.6 is 0 Å². The summed E-state index contributed by atoms with van der Waals surface area (Å²) in [5.74, 6) is 0.650. The van der Waals surface area contributed by atoms with Gasteiger partial charge in [-0.3, -0.25) is 4.79 Å². The summed E-state index contributed by atoms with van der Waals surface area (Å²) >= 11 is 0. The Bertz CT molecular complexity index is 1360. The van der Waals surface area contributed by atoms with Crippen LogP contribution in [0.25, 0.3) is 21.9 Å². The molecular weight excluding hydrogens is 402 g/mol. The zero-order valence-electron chi connectivity index (χ0n) is 17.5. The molecule has 0 unspecified atom stereocenters. The van der Waals surface area contributed by atoms with E-state index in [1.807, 2.05) is 42.5 Å². The van der Waals surface area contributed by atoms with Crippen LogP contribution in [-0.4, -0.2) is 43.7 Å². The molecule has 2 aromatic carbocycles. The number of nitrogens with one attached hydrogen (secondary N) is 3. The van der Waals surface area contributed by atoms with Gasteiger partial charge < -0.3 is 15.6 Å². The molecule has 3 heterocycles. The molecule has 0 fully saturated rings. The normalized spacial score (nSPS) is 11.1. The van der Waals surface area contributed by atoms with Crippen LogP contribution < -0.4 is 10.6 Å². The quantitative estimate of drug-likeness (QED) is 0.354. The number of carbonyl (C=O) groups excluding carboxylic acids is 1. The Hall–Kier alpha value is -4.20. The van der Waals surface area contributed by atoms with Gasteiger partial charge in [-0.15, -0.1) is 0 Å². The Morgan fingerprint density at radius 2 is 1.81 bits per heavy atom. The molecule has 0 atom stereocenters. The number of H-pyrrole nitrogens is 1. The number of amides is 1. The lowest BCUT2D eigenvalue weighted by atomic mass is 10.1. The van der Waals surface area contributed by atoms with Crippen LogP contribution in [0.1, 0.15) is 15.9 Å². The van der Waals surface area contributed by atoms with Crippen molar-refractivity contribution < 1.29 is 4.79 Å². The van der Waals surface area contributed by atoms with E-state index in [9.17, 15) is 4.79 Å². The third-order valence-corrected chi connectivity index (χ3v) is 5.43. The van der Waals surface area contributed by atoms with E-state index in [-0.39, 0.29) is 5.91 Å². The summed E-state index contributed by atoms with van der Waals surface area (Å²) in [6.45, 7) is 1.72. The molecule has 160 valence electrons. The van der Waals surface area contributed by atoms with Crippen LogP contribution in [0.5, 0.6) is 0 Å². The maximum atomic E-state index is 12.6. The lowest BCUT2D eigenvalue weighted by Gasteiger charge is -2.08. The molecule has 1 amide bonds. The Morgan fingerprint density at radius 3 is 2.72 bits per heavy atom. The number of para-hydroxylation sites is 1. The first kappa shape index (κ1) is 19.7. The molecule has 0 saturated heterocycles. The maximum Gasteiger partial charge on any atom is 0.253 e.